The molecule has 0 saturated carbocycles. The van der Waals surface area contributed by atoms with Crippen LogP contribution in [0.15, 0.2) is 36.9 Å². The molecular formula is C33H49N3O6. The zero-order chi connectivity index (χ0) is 31.0. The van der Waals surface area contributed by atoms with Gasteiger partial charge in [0.1, 0.15) is 17.6 Å². The highest BCUT2D eigenvalue weighted by molar-refractivity contribution is 6.05. The predicted molar refractivity (Wildman–Crippen MR) is 163 cm³/mol. The molecule has 2 bridgehead atoms. The van der Waals surface area contributed by atoms with Crippen molar-refractivity contribution in [2.24, 2.45) is 23.7 Å². The Morgan fingerprint density at radius 1 is 1.19 bits per heavy atom. The normalized spacial score (nSPS) is 30.4. The van der Waals surface area contributed by atoms with Crippen LogP contribution < -0.4 is 9.80 Å². The van der Waals surface area contributed by atoms with E-state index in [1.165, 1.54) is 0 Å². The van der Waals surface area contributed by atoms with E-state index in [4.69, 9.17) is 9.47 Å². The van der Waals surface area contributed by atoms with E-state index in [2.05, 4.69) is 25.3 Å². The van der Waals surface area contributed by atoms with E-state index in [1.54, 1.807) is 22.8 Å². The number of hydrogen-bond acceptors (Lipinski definition) is 7. The second-order valence-electron chi connectivity index (χ2n) is 12.6. The van der Waals surface area contributed by atoms with Crippen molar-refractivity contribution in [2.75, 3.05) is 42.6 Å². The van der Waals surface area contributed by atoms with Crippen LogP contribution in [0.5, 0.6) is 0 Å². The molecule has 42 heavy (non-hydrogen) atoms. The monoisotopic (exact) mass is 583 g/mol. The minimum Gasteiger partial charge on any atom is -0.466 e. The number of hydrogen-bond donors (Lipinski definition) is 1. The van der Waals surface area contributed by atoms with Crippen LogP contribution in [0.25, 0.3) is 0 Å². The summed E-state index contributed by atoms with van der Waals surface area (Å²) in [7, 11) is 0. The fourth-order valence-corrected chi connectivity index (χ4v) is 7.79. The largest absolute Gasteiger partial charge is 0.466 e. The predicted octanol–water partition coefficient (Wildman–Crippen LogP) is 4.03. The Morgan fingerprint density at radius 2 is 1.81 bits per heavy atom. The number of nitrogens with zero attached hydrogens (tertiary/aromatic N) is 3. The van der Waals surface area contributed by atoms with Gasteiger partial charge in [0.25, 0.3) is 5.91 Å². The molecule has 3 saturated heterocycles. The maximum Gasteiger partial charge on any atom is 0.312 e. The van der Waals surface area contributed by atoms with Crippen molar-refractivity contribution >= 4 is 29.2 Å². The molecular weight excluding hydrogens is 534 g/mol. The van der Waals surface area contributed by atoms with Gasteiger partial charge in [0, 0.05) is 31.0 Å². The van der Waals surface area contributed by atoms with E-state index in [9.17, 15) is 19.5 Å². The highest BCUT2D eigenvalue weighted by atomic mass is 16.6. The average Bonchev–Trinajstić information content (AvgIpc) is 3.47. The Kier molecular flexibility index (Phi) is 9.43. The van der Waals surface area contributed by atoms with Gasteiger partial charge in [-0.3, -0.25) is 14.4 Å². The first-order valence-electron chi connectivity index (χ1n) is 15.5. The number of fused-ring (bicyclic) bond motifs is 1. The molecule has 1 N–H and O–H groups in total. The van der Waals surface area contributed by atoms with Crippen LogP contribution in [-0.2, 0) is 23.9 Å². The van der Waals surface area contributed by atoms with Crippen LogP contribution in [0.1, 0.15) is 61.3 Å². The van der Waals surface area contributed by atoms with Gasteiger partial charge in [0.15, 0.2) is 0 Å². The molecule has 1 aromatic carbocycles. The van der Waals surface area contributed by atoms with Gasteiger partial charge in [-0.1, -0.05) is 26.8 Å². The van der Waals surface area contributed by atoms with E-state index in [1.807, 2.05) is 52.0 Å². The highest BCUT2D eigenvalue weighted by Gasteiger charge is 2.80. The summed E-state index contributed by atoms with van der Waals surface area (Å²) in [6, 6.07) is 6.21. The Labute approximate surface area is 250 Å². The van der Waals surface area contributed by atoms with E-state index < -0.39 is 41.1 Å². The Bertz CT molecular complexity index is 1170. The molecule has 1 aromatic rings. The number of aliphatic hydroxyl groups is 1. The summed E-state index contributed by atoms with van der Waals surface area (Å²) < 4.78 is 12.3. The molecule has 2 amide bonds. The van der Waals surface area contributed by atoms with Crippen molar-refractivity contribution in [3.8, 4) is 0 Å². The number of benzene rings is 1. The van der Waals surface area contributed by atoms with Crippen molar-refractivity contribution in [1.82, 2.24) is 4.90 Å². The van der Waals surface area contributed by atoms with Gasteiger partial charge in [-0.2, -0.15) is 0 Å². The van der Waals surface area contributed by atoms with Crippen LogP contribution in [-0.4, -0.2) is 83.9 Å². The first kappa shape index (κ1) is 32.0. The summed E-state index contributed by atoms with van der Waals surface area (Å²) in [4.78, 5) is 48.2. The number of aliphatic hydroxyl groups excluding tert-OH is 1. The average molecular weight is 584 g/mol. The number of esters is 1. The lowest BCUT2D eigenvalue weighted by Crippen LogP contribution is -2.59. The molecule has 7 atom stereocenters. The number of likely N-dealkylation sites (tertiary alicyclic amines) is 1. The van der Waals surface area contributed by atoms with Gasteiger partial charge in [-0.15, -0.1) is 6.58 Å². The van der Waals surface area contributed by atoms with Crippen molar-refractivity contribution in [3.05, 3.63) is 36.9 Å². The molecule has 0 aliphatic carbocycles. The Morgan fingerprint density at radius 3 is 2.33 bits per heavy atom. The maximum atomic E-state index is 14.9. The molecule has 3 unspecified atom stereocenters. The van der Waals surface area contributed by atoms with Gasteiger partial charge in [-0.05, 0) is 76.6 Å². The van der Waals surface area contributed by atoms with Crippen molar-refractivity contribution in [1.29, 1.82) is 0 Å². The van der Waals surface area contributed by atoms with Crippen LogP contribution in [0.4, 0.5) is 11.4 Å². The third-order valence-corrected chi connectivity index (χ3v) is 9.74. The first-order chi connectivity index (χ1) is 19.9. The number of carbonyl (C=O) groups excluding carboxylic acids is 3. The van der Waals surface area contributed by atoms with Gasteiger partial charge >= 0.3 is 5.97 Å². The molecule has 9 nitrogen and oxygen atoms in total. The summed E-state index contributed by atoms with van der Waals surface area (Å²) in [6.07, 6.45) is 2.62. The molecule has 0 radical (unpaired) electrons. The second-order valence-corrected chi connectivity index (χ2v) is 12.6. The maximum absolute atomic E-state index is 14.9. The molecule has 4 rings (SSSR count). The van der Waals surface area contributed by atoms with Gasteiger partial charge < -0.3 is 29.3 Å². The number of anilines is 2. The van der Waals surface area contributed by atoms with E-state index >= 15 is 0 Å². The fraction of sp³-hybridized carbons (Fsp3) is 0.667. The minimum atomic E-state index is -1.22. The minimum absolute atomic E-state index is 0.0925. The third kappa shape index (κ3) is 5.02. The SMILES string of the molecule is C=CCN(C(=O)C1N([C@@H](CO)CC(C)C)C(=O)[C@@H]2[C@H](C(=O)OCC)[C@@]3(C)OC12CC3C)c1ccc(N(CC)CC)cc1. The number of carbonyl (C=O) groups is 3. The van der Waals surface area contributed by atoms with Crippen LogP contribution in [0, 0.1) is 23.7 Å². The highest BCUT2D eigenvalue weighted by Crippen LogP contribution is 2.65. The van der Waals surface area contributed by atoms with Crippen LogP contribution >= 0.6 is 0 Å². The van der Waals surface area contributed by atoms with Gasteiger partial charge in [0.05, 0.1) is 30.8 Å². The zero-order valence-corrected chi connectivity index (χ0v) is 26.3. The third-order valence-electron chi connectivity index (χ3n) is 9.74. The zero-order valence-electron chi connectivity index (χ0n) is 26.3. The lowest BCUT2D eigenvalue weighted by atomic mass is 9.62. The van der Waals surface area contributed by atoms with Crippen molar-refractivity contribution < 1.29 is 29.0 Å². The van der Waals surface area contributed by atoms with Crippen LogP contribution in [0.2, 0.25) is 0 Å². The Balaban J connectivity index is 1.84. The standard InChI is InChI=1S/C33H49N3O6/c1-9-17-35(24-15-13-23(14-16-24)34(10-2)11-3)30(39)28-33-19-22(7)32(8,42-33)27(31(40)41-12-4)26(33)29(38)36(28)25(20-37)18-21(5)6/h9,13-16,21-22,25-28,37H,1,10-12,17-20H2,2-8H3/t22?,25-,26+,27-,28?,32+,33?/m1/s1. The van der Waals surface area contributed by atoms with Crippen molar-refractivity contribution in [3.63, 3.8) is 0 Å². The Hall–Kier alpha value is -2.91. The van der Waals surface area contributed by atoms with E-state index in [-0.39, 0.29) is 43.4 Å². The second kappa shape index (κ2) is 12.4. The number of ether oxygens (including phenoxy) is 2. The van der Waals surface area contributed by atoms with E-state index in [0.717, 1.165) is 18.8 Å². The van der Waals surface area contributed by atoms with E-state index in [0.29, 0.717) is 18.5 Å². The molecule has 3 fully saturated rings. The smallest absolute Gasteiger partial charge is 0.312 e. The topological polar surface area (TPSA) is 99.6 Å². The van der Waals surface area contributed by atoms with Gasteiger partial charge in [-0.25, -0.2) is 0 Å². The quantitative estimate of drug-likeness (QED) is 0.277. The summed E-state index contributed by atoms with van der Waals surface area (Å²) in [5.41, 5.74) is -0.426. The molecule has 3 aliphatic heterocycles. The summed E-state index contributed by atoms with van der Waals surface area (Å²) in [5.74, 6) is -2.74. The number of amides is 2. The summed E-state index contributed by atoms with van der Waals surface area (Å²) in [5, 5.41) is 10.6. The molecule has 3 heterocycles. The van der Waals surface area contributed by atoms with Gasteiger partial charge in [0.2, 0.25) is 5.91 Å². The molecule has 9 heteroatoms. The number of rotatable bonds is 13. The lowest BCUT2D eigenvalue weighted by molar-refractivity contribution is -0.162. The van der Waals surface area contributed by atoms with Crippen LogP contribution in [0.3, 0.4) is 0 Å². The molecule has 232 valence electrons. The summed E-state index contributed by atoms with van der Waals surface area (Å²) >= 11 is 0. The first-order valence-corrected chi connectivity index (χ1v) is 15.5. The van der Waals surface area contributed by atoms with Crippen molar-refractivity contribution in [2.45, 2.75) is 84.6 Å². The molecule has 3 aliphatic rings. The fourth-order valence-electron chi connectivity index (χ4n) is 7.79. The molecule has 1 spiro atoms. The summed E-state index contributed by atoms with van der Waals surface area (Å²) in [6.45, 7) is 19.6. The lowest BCUT2D eigenvalue weighted by Gasteiger charge is -2.40. The molecule has 0 aromatic heterocycles.